The molecule has 2 N–H and O–H groups in total. The summed E-state index contributed by atoms with van der Waals surface area (Å²) in [5, 5.41) is 10.8. The normalized spacial score (nSPS) is 11.0. The SMILES string of the molecule is CCCCCCNC(=NCc1ccc(-n2cncn2)cc1)NCC.I. The molecule has 0 saturated heterocycles. The van der Waals surface area contributed by atoms with Crippen LogP contribution in [0.15, 0.2) is 41.9 Å². The number of nitrogens with one attached hydrogen (secondary N) is 2. The van der Waals surface area contributed by atoms with Gasteiger partial charge in [0.05, 0.1) is 12.2 Å². The molecule has 1 aromatic carbocycles. The largest absolute Gasteiger partial charge is 0.357 e. The molecule has 0 atom stereocenters. The predicted molar refractivity (Wildman–Crippen MR) is 114 cm³/mol. The van der Waals surface area contributed by atoms with Gasteiger partial charge in [-0.25, -0.2) is 14.7 Å². The minimum Gasteiger partial charge on any atom is -0.357 e. The van der Waals surface area contributed by atoms with Gasteiger partial charge >= 0.3 is 0 Å². The fourth-order valence-corrected chi connectivity index (χ4v) is 2.37. The Morgan fingerprint density at radius 1 is 1.08 bits per heavy atom. The van der Waals surface area contributed by atoms with Crippen molar-refractivity contribution in [1.82, 2.24) is 25.4 Å². The molecule has 0 unspecified atom stereocenters. The molecule has 7 heteroatoms. The van der Waals surface area contributed by atoms with E-state index in [1.54, 1.807) is 11.0 Å². The van der Waals surface area contributed by atoms with Crippen LogP contribution in [-0.4, -0.2) is 33.8 Å². The van der Waals surface area contributed by atoms with E-state index >= 15 is 0 Å². The summed E-state index contributed by atoms with van der Waals surface area (Å²) < 4.78 is 1.75. The number of hydrogen-bond acceptors (Lipinski definition) is 3. The first kappa shape index (κ1) is 21.4. The topological polar surface area (TPSA) is 67.1 Å². The average Bonchev–Trinajstić information content (AvgIpc) is 3.14. The maximum atomic E-state index is 4.65. The van der Waals surface area contributed by atoms with Crippen LogP contribution < -0.4 is 10.6 Å². The molecule has 0 fully saturated rings. The molecule has 2 aromatic rings. The molecule has 2 rings (SSSR count). The minimum absolute atomic E-state index is 0. The standard InChI is InChI=1S/C18H28N6.HI/c1-3-5-6-7-12-21-18(20-4-2)22-13-16-8-10-17(11-9-16)24-15-19-14-23-24;/h8-11,14-15H,3-7,12-13H2,1-2H3,(H2,20,21,22);1H. The van der Waals surface area contributed by atoms with E-state index in [4.69, 9.17) is 0 Å². The third kappa shape index (κ3) is 7.85. The molecule has 138 valence electrons. The smallest absolute Gasteiger partial charge is 0.191 e. The predicted octanol–water partition coefficient (Wildman–Crippen LogP) is 3.52. The van der Waals surface area contributed by atoms with Gasteiger partial charge in [-0.15, -0.1) is 24.0 Å². The molecule has 0 radical (unpaired) electrons. The Morgan fingerprint density at radius 2 is 1.88 bits per heavy atom. The number of hydrogen-bond donors (Lipinski definition) is 2. The molecule has 1 aromatic heterocycles. The van der Waals surface area contributed by atoms with Gasteiger partial charge in [0.2, 0.25) is 0 Å². The van der Waals surface area contributed by atoms with Crippen molar-refractivity contribution in [1.29, 1.82) is 0 Å². The molecular weight excluding hydrogens is 427 g/mol. The number of aromatic nitrogens is 3. The van der Waals surface area contributed by atoms with Crippen LogP contribution in [0.5, 0.6) is 0 Å². The number of rotatable bonds is 9. The summed E-state index contributed by atoms with van der Waals surface area (Å²) in [5.41, 5.74) is 2.17. The van der Waals surface area contributed by atoms with Crippen molar-refractivity contribution < 1.29 is 0 Å². The maximum Gasteiger partial charge on any atom is 0.191 e. The lowest BCUT2D eigenvalue weighted by molar-refractivity contribution is 0.647. The minimum atomic E-state index is 0. The van der Waals surface area contributed by atoms with Crippen LogP contribution in [0, 0.1) is 0 Å². The van der Waals surface area contributed by atoms with Crippen LogP contribution in [0.1, 0.15) is 45.1 Å². The quantitative estimate of drug-likeness (QED) is 0.262. The van der Waals surface area contributed by atoms with E-state index in [9.17, 15) is 0 Å². The highest BCUT2D eigenvalue weighted by Gasteiger charge is 1.99. The maximum absolute atomic E-state index is 4.65. The number of halogens is 1. The number of nitrogens with zero attached hydrogens (tertiary/aromatic N) is 4. The van der Waals surface area contributed by atoms with E-state index in [0.717, 1.165) is 24.7 Å². The van der Waals surface area contributed by atoms with E-state index in [1.807, 2.05) is 12.1 Å². The van der Waals surface area contributed by atoms with Gasteiger partial charge in [-0.2, -0.15) is 5.10 Å². The summed E-state index contributed by atoms with van der Waals surface area (Å²) in [5.74, 6) is 0.884. The van der Waals surface area contributed by atoms with Crippen LogP contribution in [0.25, 0.3) is 5.69 Å². The van der Waals surface area contributed by atoms with Crippen molar-refractivity contribution in [3.8, 4) is 5.69 Å². The summed E-state index contributed by atoms with van der Waals surface area (Å²) in [7, 11) is 0. The fourth-order valence-electron chi connectivity index (χ4n) is 2.37. The van der Waals surface area contributed by atoms with Gasteiger partial charge in [0.25, 0.3) is 0 Å². The van der Waals surface area contributed by atoms with Crippen LogP contribution in [0.2, 0.25) is 0 Å². The molecule has 1 heterocycles. The van der Waals surface area contributed by atoms with Crippen molar-refractivity contribution in [3.63, 3.8) is 0 Å². The summed E-state index contributed by atoms with van der Waals surface area (Å²) in [6, 6.07) is 8.21. The van der Waals surface area contributed by atoms with Gasteiger partial charge in [0.15, 0.2) is 5.96 Å². The molecule has 0 amide bonds. The molecule has 6 nitrogen and oxygen atoms in total. The lowest BCUT2D eigenvalue weighted by atomic mass is 10.2. The van der Waals surface area contributed by atoms with Gasteiger partial charge < -0.3 is 10.6 Å². The zero-order valence-electron chi connectivity index (χ0n) is 15.1. The Bertz CT molecular complexity index is 595. The van der Waals surface area contributed by atoms with Crippen LogP contribution >= 0.6 is 24.0 Å². The second-order valence-electron chi connectivity index (χ2n) is 5.69. The Balaban J connectivity index is 0.00000312. The van der Waals surface area contributed by atoms with Gasteiger partial charge in [-0.3, -0.25) is 0 Å². The highest BCUT2D eigenvalue weighted by Crippen LogP contribution is 2.08. The van der Waals surface area contributed by atoms with Gasteiger partial charge in [-0.1, -0.05) is 38.3 Å². The van der Waals surface area contributed by atoms with E-state index in [1.165, 1.54) is 37.6 Å². The number of aliphatic imine (C=N–C) groups is 1. The first-order chi connectivity index (χ1) is 11.8. The average molecular weight is 456 g/mol. The van der Waals surface area contributed by atoms with Crippen molar-refractivity contribution in [3.05, 3.63) is 42.5 Å². The number of unbranched alkanes of at least 4 members (excludes halogenated alkanes) is 3. The first-order valence-corrected chi connectivity index (χ1v) is 8.79. The van der Waals surface area contributed by atoms with Crippen LogP contribution in [0.4, 0.5) is 0 Å². The van der Waals surface area contributed by atoms with E-state index in [-0.39, 0.29) is 24.0 Å². The van der Waals surface area contributed by atoms with Crippen LogP contribution in [0.3, 0.4) is 0 Å². The van der Waals surface area contributed by atoms with E-state index in [2.05, 4.69) is 51.7 Å². The molecule has 0 aliphatic carbocycles. The van der Waals surface area contributed by atoms with E-state index in [0.29, 0.717) is 6.54 Å². The second kappa shape index (κ2) is 12.7. The Kier molecular flexibility index (Phi) is 10.9. The summed E-state index contributed by atoms with van der Waals surface area (Å²) in [6.07, 6.45) is 8.25. The second-order valence-corrected chi connectivity index (χ2v) is 5.69. The molecule has 25 heavy (non-hydrogen) atoms. The third-order valence-electron chi connectivity index (χ3n) is 3.71. The summed E-state index contributed by atoms with van der Waals surface area (Å²) in [6.45, 7) is 6.80. The zero-order chi connectivity index (χ0) is 17.0. The van der Waals surface area contributed by atoms with Crippen molar-refractivity contribution >= 4 is 29.9 Å². The molecule has 0 bridgehead atoms. The highest BCUT2D eigenvalue weighted by atomic mass is 127. The Morgan fingerprint density at radius 3 is 2.52 bits per heavy atom. The van der Waals surface area contributed by atoms with Gasteiger partial charge in [0, 0.05) is 13.1 Å². The van der Waals surface area contributed by atoms with Gasteiger partial charge in [0.1, 0.15) is 12.7 Å². The zero-order valence-corrected chi connectivity index (χ0v) is 17.4. The summed E-state index contributed by atoms with van der Waals surface area (Å²) >= 11 is 0. The molecule has 0 spiro atoms. The van der Waals surface area contributed by atoms with Crippen molar-refractivity contribution in [2.24, 2.45) is 4.99 Å². The molecule has 0 saturated carbocycles. The Hall–Kier alpha value is -1.64. The lowest BCUT2D eigenvalue weighted by Crippen LogP contribution is -2.37. The Labute approximate surface area is 167 Å². The lowest BCUT2D eigenvalue weighted by Gasteiger charge is -2.11. The van der Waals surface area contributed by atoms with Crippen molar-refractivity contribution in [2.45, 2.75) is 46.1 Å². The number of guanidine groups is 1. The van der Waals surface area contributed by atoms with E-state index < -0.39 is 0 Å². The van der Waals surface area contributed by atoms with Crippen LogP contribution in [-0.2, 0) is 6.54 Å². The fraction of sp³-hybridized carbons (Fsp3) is 0.500. The number of benzene rings is 1. The summed E-state index contributed by atoms with van der Waals surface area (Å²) in [4.78, 5) is 8.62. The third-order valence-corrected chi connectivity index (χ3v) is 3.71. The molecule has 0 aliphatic rings. The monoisotopic (exact) mass is 456 g/mol. The molecular formula is C18H29IN6. The highest BCUT2D eigenvalue weighted by molar-refractivity contribution is 14.0. The van der Waals surface area contributed by atoms with Crippen molar-refractivity contribution in [2.75, 3.05) is 13.1 Å². The first-order valence-electron chi connectivity index (χ1n) is 8.79. The van der Waals surface area contributed by atoms with Gasteiger partial charge in [-0.05, 0) is 31.0 Å². The molecule has 0 aliphatic heterocycles.